The summed E-state index contributed by atoms with van der Waals surface area (Å²) in [5.74, 6) is 0.858. The summed E-state index contributed by atoms with van der Waals surface area (Å²) in [5, 5.41) is 0. The van der Waals surface area contributed by atoms with Crippen molar-refractivity contribution in [3.05, 3.63) is 53.3 Å². The normalized spacial score (nSPS) is 11.4. The van der Waals surface area contributed by atoms with E-state index in [0.29, 0.717) is 11.4 Å². The Bertz CT molecular complexity index is 629. The average Bonchev–Trinajstić information content (AvgIpc) is 2.33. The Morgan fingerprint density at radius 3 is 2.25 bits per heavy atom. The van der Waals surface area contributed by atoms with Gasteiger partial charge in [-0.05, 0) is 30.5 Å². The molecule has 0 saturated carbocycles. The van der Waals surface area contributed by atoms with E-state index in [0.717, 1.165) is 11.3 Å². The molecule has 2 nitrogen and oxygen atoms in total. The minimum Gasteiger partial charge on any atom is -0.455 e. The van der Waals surface area contributed by atoms with Gasteiger partial charge < -0.3 is 10.5 Å². The number of hydrogen-bond acceptors (Lipinski definition) is 2. The number of rotatable bonds is 2. The molecule has 2 rings (SSSR count). The van der Waals surface area contributed by atoms with E-state index in [4.69, 9.17) is 10.5 Å². The first-order valence-corrected chi connectivity index (χ1v) is 6.61. The zero-order valence-electron chi connectivity index (χ0n) is 12.3. The third-order valence-corrected chi connectivity index (χ3v) is 3.13. The number of halogens is 1. The van der Waals surface area contributed by atoms with Gasteiger partial charge in [0.15, 0.2) is 5.75 Å². The summed E-state index contributed by atoms with van der Waals surface area (Å²) in [6.45, 7) is 8.43. The Morgan fingerprint density at radius 2 is 1.65 bits per heavy atom. The molecule has 2 aromatic carbocycles. The second-order valence-corrected chi connectivity index (χ2v) is 6.03. The highest BCUT2D eigenvalue weighted by molar-refractivity contribution is 5.55. The standard InChI is InChI=1S/C17H20FNO/c1-11-5-7-15(13(9-11)17(2,3)4)20-16-8-6-12(18)10-14(16)19/h5-10H,19H2,1-4H3. The topological polar surface area (TPSA) is 35.2 Å². The van der Waals surface area contributed by atoms with Crippen molar-refractivity contribution in [3.63, 3.8) is 0 Å². The van der Waals surface area contributed by atoms with E-state index < -0.39 is 0 Å². The molecule has 0 aromatic heterocycles. The molecule has 0 saturated heterocycles. The summed E-state index contributed by atoms with van der Waals surface area (Å²) < 4.78 is 19.0. The lowest BCUT2D eigenvalue weighted by Gasteiger charge is -2.23. The third-order valence-electron chi connectivity index (χ3n) is 3.13. The van der Waals surface area contributed by atoms with Crippen molar-refractivity contribution in [2.24, 2.45) is 0 Å². The maximum absolute atomic E-state index is 13.1. The first-order valence-electron chi connectivity index (χ1n) is 6.61. The van der Waals surface area contributed by atoms with Gasteiger partial charge in [-0.15, -0.1) is 0 Å². The molecular weight excluding hydrogens is 253 g/mol. The Hall–Kier alpha value is -2.03. The largest absolute Gasteiger partial charge is 0.455 e. The number of anilines is 1. The highest BCUT2D eigenvalue weighted by Gasteiger charge is 2.20. The van der Waals surface area contributed by atoms with Crippen molar-refractivity contribution in [1.82, 2.24) is 0 Å². The summed E-state index contributed by atoms with van der Waals surface area (Å²) in [6, 6.07) is 10.2. The predicted molar refractivity (Wildman–Crippen MR) is 80.8 cm³/mol. The molecule has 2 N–H and O–H groups in total. The van der Waals surface area contributed by atoms with Gasteiger partial charge in [0, 0.05) is 11.6 Å². The first kappa shape index (κ1) is 14.4. The lowest BCUT2D eigenvalue weighted by atomic mass is 9.85. The summed E-state index contributed by atoms with van der Waals surface area (Å²) in [6.07, 6.45) is 0. The molecule has 0 amide bonds. The molecule has 3 heteroatoms. The minimum atomic E-state index is -0.366. The van der Waals surface area contributed by atoms with Crippen molar-refractivity contribution in [3.8, 4) is 11.5 Å². The molecule has 0 fully saturated rings. The summed E-state index contributed by atoms with van der Waals surface area (Å²) in [7, 11) is 0. The third kappa shape index (κ3) is 3.10. The van der Waals surface area contributed by atoms with Crippen LogP contribution in [0.3, 0.4) is 0 Å². The first-order chi connectivity index (χ1) is 9.27. The number of aryl methyl sites for hydroxylation is 1. The maximum atomic E-state index is 13.1. The molecule has 0 unspecified atom stereocenters. The fourth-order valence-electron chi connectivity index (χ4n) is 2.05. The summed E-state index contributed by atoms with van der Waals surface area (Å²) in [4.78, 5) is 0. The van der Waals surface area contributed by atoms with Crippen LogP contribution in [0, 0.1) is 12.7 Å². The number of hydrogen-bond donors (Lipinski definition) is 1. The highest BCUT2D eigenvalue weighted by atomic mass is 19.1. The molecule has 0 spiro atoms. The van der Waals surface area contributed by atoms with Crippen LogP contribution < -0.4 is 10.5 Å². The van der Waals surface area contributed by atoms with E-state index in [2.05, 4.69) is 26.8 Å². The molecule has 0 atom stereocenters. The fraction of sp³-hybridized carbons (Fsp3) is 0.294. The molecule has 0 bridgehead atoms. The van der Waals surface area contributed by atoms with Crippen LogP contribution in [-0.4, -0.2) is 0 Å². The number of ether oxygens (including phenoxy) is 1. The van der Waals surface area contributed by atoms with Gasteiger partial charge in [0.25, 0.3) is 0 Å². The molecular formula is C17H20FNO. The summed E-state index contributed by atoms with van der Waals surface area (Å²) in [5.41, 5.74) is 8.32. The second kappa shape index (κ2) is 5.16. The maximum Gasteiger partial charge on any atom is 0.150 e. The minimum absolute atomic E-state index is 0.0455. The van der Waals surface area contributed by atoms with Crippen molar-refractivity contribution >= 4 is 5.69 Å². The number of benzene rings is 2. The molecule has 2 aromatic rings. The van der Waals surface area contributed by atoms with Crippen molar-refractivity contribution in [1.29, 1.82) is 0 Å². The van der Waals surface area contributed by atoms with Gasteiger partial charge in [-0.1, -0.05) is 38.5 Å². The lowest BCUT2D eigenvalue weighted by molar-refractivity contribution is 0.455. The SMILES string of the molecule is Cc1ccc(Oc2ccc(F)cc2N)c(C(C)(C)C)c1. The van der Waals surface area contributed by atoms with Crippen LogP contribution in [0.1, 0.15) is 31.9 Å². The van der Waals surface area contributed by atoms with E-state index >= 15 is 0 Å². The molecule has 0 radical (unpaired) electrons. The molecule has 20 heavy (non-hydrogen) atoms. The Morgan fingerprint density at radius 1 is 1.00 bits per heavy atom. The Balaban J connectivity index is 2.43. The molecule has 0 aliphatic heterocycles. The highest BCUT2D eigenvalue weighted by Crippen LogP contribution is 2.36. The van der Waals surface area contributed by atoms with Crippen LogP contribution in [-0.2, 0) is 5.41 Å². The van der Waals surface area contributed by atoms with E-state index in [9.17, 15) is 4.39 Å². The number of nitrogen functional groups attached to an aromatic ring is 1. The quantitative estimate of drug-likeness (QED) is 0.797. The zero-order valence-corrected chi connectivity index (χ0v) is 12.3. The van der Waals surface area contributed by atoms with Gasteiger partial charge >= 0.3 is 0 Å². The van der Waals surface area contributed by atoms with Crippen molar-refractivity contribution < 1.29 is 9.13 Å². The molecule has 106 valence electrons. The monoisotopic (exact) mass is 273 g/mol. The van der Waals surface area contributed by atoms with Gasteiger partial charge in [0.2, 0.25) is 0 Å². The van der Waals surface area contributed by atoms with Gasteiger partial charge in [-0.2, -0.15) is 0 Å². The van der Waals surface area contributed by atoms with Crippen LogP contribution in [0.15, 0.2) is 36.4 Å². The summed E-state index contributed by atoms with van der Waals surface area (Å²) >= 11 is 0. The fourth-order valence-corrected chi connectivity index (χ4v) is 2.05. The van der Waals surface area contributed by atoms with Crippen LogP contribution in [0.5, 0.6) is 11.5 Å². The molecule has 0 aliphatic carbocycles. The van der Waals surface area contributed by atoms with E-state index in [-0.39, 0.29) is 11.2 Å². The van der Waals surface area contributed by atoms with Gasteiger partial charge in [0.05, 0.1) is 5.69 Å². The van der Waals surface area contributed by atoms with Crippen LogP contribution in [0.2, 0.25) is 0 Å². The van der Waals surface area contributed by atoms with Crippen molar-refractivity contribution in [2.45, 2.75) is 33.1 Å². The Kier molecular flexibility index (Phi) is 3.71. The second-order valence-electron chi connectivity index (χ2n) is 6.03. The predicted octanol–water partition coefficient (Wildman–Crippen LogP) is 4.81. The van der Waals surface area contributed by atoms with E-state index in [1.165, 1.54) is 17.7 Å². The average molecular weight is 273 g/mol. The molecule has 0 aliphatic rings. The van der Waals surface area contributed by atoms with Gasteiger partial charge in [-0.25, -0.2) is 4.39 Å². The Labute approximate surface area is 119 Å². The zero-order chi connectivity index (χ0) is 14.9. The smallest absolute Gasteiger partial charge is 0.150 e. The van der Waals surface area contributed by atoms with E-state index in [1.54, 1.807) is 6.07 Å². The molecule has 0 heterocycles. The van der Waals surface area contributed by atoms with Crippen molar-refractivity contribution in [2.75, 3.05) is 5.73 Å². The van der Waals surface area contributed by atoms with E-state index in [1.807, 2.05) is 19.1 Å². The van der Waals surface area contributed by atoms with Gasteiger partial charge in [0.1, 0.15) is 11.6 Å². The van der Waals surface area contributed by atoms with Crippen LogP contribution >= 0.6 is 0 Å². The van der Waals surface area contributed by atoms with Crippen LogP contribution in [0.25, 0.3) is 0 Å². The lowest BCUT2D eigenvalue weighted by Crippen LogP contribution is -2.13. The number of nitrogens with two attached hydrogens (primary N) is 1. The van der Waals surface area contributed by atoms with Gasteiger partial charge in [-0.3, -0.25) is 0 Å². The van der Waals surface area contributed by atoms with Crippen LogP contribution in [0.4, 0.5) is 10.1 Å².